The summed E-state index contributed by atoms with van der Waals surface area (Å²) in [5.41, 5.74) is 0.880. The predicted octanol–water partition coefficient (Wildman–Crippen LogP) is 2.35. The number of anilines is 1. The Morgan fingerprint density at radius 1 is 1.24 bits per heavy atom. The molecular formula is C18H23N5O2. The molecule has 25 heavy (non-hydrogen) atoms. The summed E-state index contributed by atoms with van der Waals surface area (Å²) in [5, 5.41) is 4.14. The summed E-state index contributed by atoms with van der Waals surface area (Å²) < 4.78 is 5.21. The van der Waals surface area contributed by atoms with Crippen LogP contribution >= 0.6 is 0 Å². The van der Waals surface area contributed by atoms with Gasteiger partial charge >= 0.3 is 0 Å². The van der Waals surface area contributed by atoms with Gasteiger partial charge in [-0.05, 0) is 32.6 Å². The molecule has 7 nitrogen and oxygen atoms in total. The molecule has 0 bridgehead atoms. The average Bonchev–Trinajstić information content (AvgIpc) is 3.30. The number of carbonyl (C=O) groups is 1. The van der Waals surface area contributed by atoms with Crippen molar-refractivity contribution in [3.05, 3.63) is 36.1 Å². The number of likely N-dealkylation sites (tertiary alicyclic amines) is 1. The van der Waals surface area contributed by atoms with E-state index in [2.05, 4.69) is 20.0 Å². The molecule has 2 aliphatic heterocycles. The Bertz CT molecular complexity index is 732. The molecule has 7 heteroatoms. The van der Waals surface area contributed by atoms with Gasteiger partial charge in [0.1, 0.15) is 17.3 Å². The smallest absolute Gasteiger partial charge is 0.228 e. The first kappa shape index (κ1) is 16.1. The lowest BCUT2D eigenvalue weighted by Gasteiger charge is -2.35. The maximum absolute atomic E-state index is 13.2. The van der Waals surface area contributed by atoms with Crippen molar-refractivity contribution >= 4 is 11.7 Å². The van der Waals surface area contributed by atoms with Crippen LogP contribution in [0.15, 0.2) is 29.2 Å². The van der Waals surface area contributed by atoms with Gasteiger partial charge in [-0.3, -0.25) is 9.78 Å². The van der Waals surface area contributed by atoms with E-state index >= 15 is 0 Å². The van der Waals surface area contributed by atoms with Crippen LogP contribution in [0.4, 0.5) is 5.82 Å². The van der Waals surface area contributed by atoms with Crippen molar-refractivity contribution in [2.75, 3.05) is 24.5 Å². The molecule has 132 valence electrons. The Balaban J connectivity index is 1.48. The number of carbonyl (C=O) groups excluding carboxylic acids is 1. The van der Waals surface area contributed by atoms with Gasteiger partial charge in [-0.1, -0.05) is 5.16 Å². The standard InChI is InChI=1S/C18H23N5O2/c1-13-10-15(21-25-13)16-5-3-9-23(16)18(24)14-4-2-8-22(12-14)17-11-19-6-7-20-17/h6-7,10-11,14,16H,2-5,8-9,12H2,1H3. The Hall–Kier alpha value is -2.44. The molecule has 0 aromatic carbocycles. The monoisotopic (exact) mass is 341 g/mol. The van der Waals surface area contributed by atoms with E-state index in [0.29, 0.717) is 6.54 Å². The summed E-state index contributed by atoms with van der Waals surface area (Å²) in [4.78, 5) is 25.9. The lowest BCUT2D eigenvalue weighted by molar-refractivity contribution is -0.136. The van der Waals surface area contributed by atoms with E-state index in [9.17, 15) is 4.79 Å². The highest BCUT2D eigenvalue weighted by Crippen LogP contribution is 2.34. The lowest BCUT2D eigenvalue weighted by atomic mass is 9.96. The maximum atomic E-state index is 13.2. The molecule has 2 aromatic rings. The highest BCUT2D eigenvalue weighted by atomic mass is 16.5. The highest BCUT2D eigenvalue weighted by Gasteiger charge is 2.37. The second-order valence-electron chi connectivity index (χ2n) is 6.90. The minimum absolute atomic E-state index is 0.00403. The fraction of sp³-hybridized carbons (Fsp3) is 0.556. The molecule has 0 radical (unpaired) electrons. The quantitative estimate of drug-likeness (QED) is 0.853. The predicted molar refractivity (Wildman–Crippen MR) is 91.9 cm³/mol. The molecule has 2 aliphatic rings. The lowest BCUT2D eigenvalue weighted by Crippen LogP contribution is -2.45. The summed E-state index contributed by atoms with van der Waals surface area (Å²) in [6.07, 6.45) is 9.03. The second kappa shape index (κ2) is 6.82. The average molecular weight is 341 g/mol. The molecule has 0 spiro atoms. The van der Waals surface area contributed by atoms with Crippen molar-refractivity contribution in [2.24, 2.45) is 5.92 Å². The molecule has 0 aliphatic carbocycles. The van der Waals surface area contributed by atoms with Crippen molar-refractivity contribution in [3.8, 4) is 0 Å². The molecule has 4 heterocycles. The molecule has 4 rings (SSSR count). The third-order valence-electron chi connectivity index (χ3n) is 5.17. The first-order valence-corrected chi connectivity index (χ1v) is 8.97. The summed E-state index contributed by atoms with van der Waals surface area (Å²) >= 11 is 0. The highest BCUT2D eigenvalue weighted by molar-refractivity contribution is 5.80. The molecule has 2 fully saturated rings. The van der Waals surface area contributed by atoms with E-state index in [1.165, 1.54) is 0 Å². The molecule has 0 N–H and O–H groups in total. The second-order valence-corrected chi connectivity index (χ2v) is 6.90. The molecule has 2 unspecified atom stereocenters. The summed E-state index contributed by atoms with van der Waals surface area (Å²) in [5.74, 6) is 1.88. The number of piperidine rings is 1. The zero-order valence-corrected chi connectivity index (χ0v) is 14.5. The minimum Gasteiger partial charge on any atom is -0.361 e. The number of aromatic nitrogens is 3. The van der Waals surface area contributed by atoms with E-state index in [1.54, 1.807) is 18.6 Å². The van der Waals surface area contributed by atoms with Crippen molar-refractivity contribution in [1.82, 2.24) is 20.0 Å². The van der Waals surface area contributed by atoms with Crippen LogP contribution in [0.1, 0.15) is 43.2 Å². The van der Waals surface area contributed by atoms with Crippen LogP contribution in [-0.4, -0.2) is 45.6 Å². The van der Waals surface area contributed by atoms with Crippen LogP contribution < -0.4 is 4.90 Å². The van der Waals surface area contributed by atoms with E-state index < -0.39 is 0 Å². The largest absolute Gasteiger partial charge is 0.361 e. The van der Waals surface area contributed by atoms with Gasteiger partial charge in [0.2, 0.25) is 5.91 Å². The van der Waals surface area contributed by atoms with E-state index in [1.807, 2.05) is 17.9 Å². The van der Waals surface area contributed by atoms with Crippen LogP contribution in [0.25, 0.3) is 0 Å². The Labute approximate surface area is 147 Å². The SMILES string of the molecule is Cc1cc(C2CCCN2C(=O)C2CCCN(c3cnccn3)C2)no1. The van der Waals surface area contributed by atoms with Crippen molar-refractivity contribution < 1.29 is 9.32 Å². The maximum Gasteiger partial charge on any atom is 0.228 e. The third-order valence-corrected chi connectivity index (χ3v) is 5.17. The van der Waals surface area contributed by atoms with Crippen LogP contribution in [0.5, 0.6) is 0 Å². The van der Waals surface area contributed by atoms with Crippen LogP contribution in [0.3, 0.4) is 0 Å². The van der Waals surface area contributed by atoms with Gasteiger partial charge in [-0.25, -0.2) is 4.98 Å². The molecule has 1 amide bonds. The summed E-state index contributed by atoms with van der Waals surface area (Å²) in [7, 11) is 0. The third kappa shape index (κ3) is 3.23. The number of aryl methyl sites for hydroxylation is 1. The number of amides is 1. The first-order valence-electron chi connectivity index (χ1n) is 8.97. The van der Waals surface area contributed by atoms with Crippen LogP contribution in [0.2, 0.25) is 0 Å². The number of rotatable bonds is 3. The van der Waals surface area contributed by atoms with E-state index in [0.717, 1.165) is 56.0 Å². The molecule has 2 aromatic heterocycles. The van der Waals surface area contributed by atoms with Gasteiger partial charge in [0.25, 0.3) is 0 Å². The van der Waals surface area contributed by atoms with Crippen molar-refractivity contribution in [2.45, 2.75) is 38.6 Å². The molecule has 2 atom stereocenters. The van der Waals surface area contributed by atoms with Crippen molar-refractivity contribution in [1.29, 1.82) is 0 Å². The zero-order chi connectivity index (χ0) is 17.2. The molecule has 0 saturated carbocycles. The Kier molecular flexibility index (Phi) is 4.38. The van der Waals surface area contributed by atoms with Gasteiger partial charge in [0, 0.05) is 38.1 Å². The van der Waals surface area contributed by atoms with Gasteiger partial charge in [-0.2, -0.15) is 0 Å². The fourth-order valence-electron chi connectivity index (χ4n) is 3.96. The zero-order valence-electron chi connectivity index (χ0n) is 14.5. The van der Waals surface area contributed by atoms with Gasteiger partial charge in [0.15, 0.2) is 0 Å². The van der Waals surface area contributed by atoms with Gasteiger partial charge < -0.3 is 14.3 Å². The summed E-state index contributed by atoms with van der Waals surface area (Å²) in [6.45, 7) is 4.32. The number of hydrogen-bond acceptors (Lipinski definition) is 6. The summed E-state index contributed by atoms with van der Waals surface area (Å²) in [6, 6.07) is 2.00. The van der Waals surface area contributed by atoms with Crippen molar-refractivity contribution in [3.63, 3.8) is 0 Å². The first-order chi connectivity index (χ1) is 12.2. The molecule has 2 saturated heterocycles. The van der Waals surface area contributed by atoms with E-state index in [4.69, 9.17) is 4.52 Å². The van der Waals surface area contributed by atoms with Gasteiger partial charge in [-0.15, -0.1) is 0 Å². The van der Waals surface area contributed by atoms with Gasteiger partial charge in [0.05, 0.1) is 18.2 Å². The van der Waals surface area contributed by atoms with Crippen LogP contribution in [0, 0.1) is 12.8 Å². The topological polar surface area (TPSA) is 75.4 Å². The fourth-order valence-corrected chi connectivity index (χ4v) is 3.96. The minimum atomic E-state index is 0.00403. The molecular weight excluding hydrogens is 318 g/mol. The number of hydrogen-bond donors (Lipinski definition) is 0. The van der Waals surface area contributed by atoms with Crippen LogP contribution in [-0.2, 0) is 4.79 Å². The normalized spacial score (nSPS) is 23.9. The van der Waals surface area contributed by atoms with E-state index in [-0.39, 0.29) is 17.9 Å². The Morgan fingerprint density at radius 3 is 2.88 bits per heavy atom. The number of nitrogens with zero attached hydrogens (tertiary/aromatic N) is 5. The Morgan fingerprint density at radius 2 is 2.12 bits per heavy atom.